The SMILES string of the molecule is C#CCNC(=O)C(C)Sc1nnc(NCC2CCCO2)s1. The van der Waals surface area contributed by atoms with Crippen LogP contribution in [-0.2, 0) is 9.53 Å². The number of anilines is 1. The molecule has 2 unspecified atom stereocenters. The first-order valence-corrected chi connectivity index (χ1v) is 8.45. The average Bonchev–Trinajstić information content (AvgIpc) is 3.13. The molecule has 2 N–H and O–H groups in total. The molecular formula is C13H18N4O2S2. The van der Waals surface area contributed by atoms with E-state index in [1.165, 1.54) is 23.1 Å². The molecule has 1 aliphatic heterocycles. The third-order valence-corrected chi connectivity index (χ3v) is 4.99. The molecule has 2 rings (SSSR count). The van der Waals surface area contributed by atoms with Gasteiger partial charge in [-0.3, -0.25) is 4.79 Å². The zero-order valence-corrected chi connectivity index (χ0v) is 13.4. The third kappa shape index (κ3) is 5.19. The van der Waals surface area contributed by atoms with Crippen LogP contribution in [0.1, 0.15) is 19.8 Å². The van der Waals surface area contributed by atoms with Crippen molar-refractivity contribution in [2.75, 3.05) is 25.0 Å². The fraction of sp³-hybridized carbons (Fsp3) is 0.615. The summed E-state index contributed by atoms with van der Waals surface area (Å²) in [6.07, 6.45) is 7.57. The summed E-state index contributed by atoms with van der Waals surface area (Å²) in [4.78, 5) is 11.7. The van der Waals surface area contributed by atoms with Gasteiger partial charge in [-0.25, -0.2) is 0 Å². The van der Waals surface area contributed by atoms with Gasteiger partial charge in [0.15, 0.2) is 4.34 Å². The van der Waals surface area contributed by atoms with Gasteiger partial charge in [0, 0.05) is 13.2 Å². The van der Waals surface area contributed by atoms with Crippen molar-refractivity contribution >= 4 is 34.1 Å². The number of aromatic nitrogens is 2. The zero-order chi connectivity index (χ0) is 15.1. The number of terminal acetylenes is 1. The van der Waals surface area contributed by atoms with Gasteiger partial charge in [0.05, 0.1) is 17.9 Å². The molecule has 8 heteroatoms. The van der Waals surface area contributed by atoms with Gasteiger partial charge in [-0.15, -0.1) is 16.6 Å². The number of amides is 1. The molecule has 1 fully saturated rings. The van der Waals surface area contributed by atoms with Crippen molar-refractivity contribution in [2.24, 2.45) is 0 Å². The summed E-state index contributed by atoms with van der Waals surface area (Å²) in [5, 5.41) is 14.5. The number of thioether (sulfide) groups is 1. The Morgan fingerprint density at radius 1 is 1.67 bits per heavy atom. The van der Waals surface area contributed by atoms with Crippen LogP contribution < -0.4 is 10.6 Å². The van der Waals surface area contributed by atoms with Crippen LogP contribution in [0.2, 0.25) is 0 Å². The van der Waals surface area contributed by atoms with E-state index < -0.39 is 0 Å². The van der Waals surface area contributed by atoms with Crippen molar-refractivity contribution in [2.45, 2.75) is 35.5 Å². The van der Waals surface area contributed by atoms with Gasteiger partial charge >= 0.3 is 0 Å². The van der Waals surface area contributed by atoms with Crippen LogP contribution in [-0.4, -0.2) is 47.2 Å². The maximum atomic E-state index is 11.7. The Hall–Kier alpha value is -1.30. The van der Waals surface area contributed by atoms with Gasteiger partial charge in [0.25, 0.3) is 0 Å². The van der Waals surface area contributed by atoms with Crippen molar-refractivity contribution < 1.29 is 9.53 Å². The molecule has 0 aromatic carbocycles. The monoisotopic (exact) mass is 326 g/mol. The summed E-state index contributed by atoms with van der Waals surface area (Å²) < 4.78 is 6.29. The van der Waals surface area contributed by atoms with Crippen LogP contribution in [0.5, 0.6) is 0 Å². The summed E-state index contributed by atoms with van der Waals surface area (Å²) in [5.41, 5.74) is 0. The molecule has 0 bridgehead atoms. The maximum absolute atomic E-state index is 11.7. The highest BCUT2D eigenvalue weighted by atomic mass is 32.2. The topological polar surface area (TPSA) is 76.1 Å². The molecule has 6 nitrogen and oxygen atoms in total. The molecule has 0 saturated carbocycles. The van der Waals surface area contributed by atoms with E-state index in [0.717, 1.165) is 35.5 Å². The fourth-order valence-corrected chi connectivity index (χ4v) is 3.75. The number of nitrogens with zero attached hydrogens (tertiary/aromatic N) is 2. The molecule has 21 heavy (non-hydrogen) atoms. The molecule has 0 spiro atoms. The minimum absolute atomic E-state index is 0.0954. The normalized spacial score (nSPS) is 19.0. The summed E-state index contributed by atoms with van der Waals surface area (Å²) in [6.45, 7) is 3.65. The van der Waals surface area contributed by atoms with Crippen LogP contribution in [0.4, 0.5) is 5.13 Å². The Bertz CT molecular complexity index is 509. The summed E-state index contributed by atoms with van der Waals surface area (Å²) in [7, 11) is 0. The van der Waals surface area contributed by atoms with Crippen molar-refractivity contribution in [3.8, 4) is 12.3 Å². The second-order valence-corrected chi connectivity index (χ2v) is 7.14. The number of ether oxygens (including phenoxy) is 1. The molecule has 1 aromatic heterocycles. The van der Waals surface area contributed by atoms with Gasteiger partial charge in [-0.2, -0.15) is 0 Å². The fourth-order valence-electron chi connectivity index (χ4n) is 1.82. The quantitative estimate of drug-likeness (QED) is 0.582. The van der Waals surface area contributed by atoms with Crippen LogP contribution >= 0.6 is 23.1 Å². The number of carbonyl (C=O) groups excluding carboxylic acids is 1. The van der Waals surface area contributed by atoms with Gasteiger partial charge < -0.3 is 15.4 Å². The van der Waals surface area contributed by atoms with E-state index in [1.54, 1.807) is 0 Å². The van der Waals surface area contributed by atoms with E-state index >= 15 is 0 Å². The maximum Gasteiger partial charge on any atom is 0.234 e. The first-order chi connectivity index (χ1) is 10.2. The Morgan fingerprint density at radius 2 is 2.52 bits per heavy atom. The van der Waals surface area contributed by atoms with Crippen LogP contribution in [0.25, 0.3) is 0 Å². The van der Waals surface area contributed by atoms with Crippen molar-refractivity contribution in [1.82, 2.24) is 15.5 Å². The standard InChI is InChI=1S/C13H18N4O2S2/c1-3-6-14-11(18)9(2)20-13-17-16-12(21-13)15-8-10-5-4-7-19-10/h1,9-10H,4-8H2,2H3,(H,14,18)(H,15,16). The lowest BCUT2D eigenvalue weighted by Crippen LogP contribution is -2.30. The second-order valence-electron chi connectivity index (χ2n) is 4.57. The van der Waals surface area contributed by atoms with E-state index in [2.05, 4.69) is 26.8 Å². The first kappa shape index (κ1) is 16.1. The largest absolute Gasteiger partial charge is 0.376 e. The third-order valence-electron chi connectivity index (χ3n) is 2.92. The predicted molar refractivity (Wildman–Crippen MR) is 84.5 cm³/mol. The molecule has 1 saturated heterocycles. The summed E-state index contributed by atoms with van der Waals surface area (Å²) in [5.74, 6) is 2.28. The van der Waals surface area contributed by atoms with Crippen LogP contribution in [0.15, 0.2) is 4.34 Å². The summed E-state index contributed by atoms with van der Waals surface area (Å²) >= 11 is 2.81. The number of hydrogen-bond donors (Lipinski definition) is 2. The minimum atomic E-state index is -0.252. The van der Waals surface area contributed by atoms with Crippen molar-refractivity contribution in [3.63, 3.8) is 0 Å². The Balaban J connectivity index is 1.76. The van der Waals surface area contributed by atoms with Gasteiger partial charge in [-0.1, -0.05) is 29.0 Å². The molecule has 114 valence electrons. The molecular weight excluding hydrogens is 308 g/mol. The smallest absolute Gasteiger partial charge is 0.234 e. The molecule has 0 aliphatic carbocycles. The van der Waals surface area contributed by atoms with E-state index in [1.807, 2.05) is 6.92 Å². The highest BCUT2D eigenvalue weighted by Gasteiger charge is 2.18. The van der Waals surface area contributed by atoms with Gasteiger partial charge in [-0.05, 0) is 19.8 Å². The van der Waals surface area contributed by atoms with E-state index in [9.17, 15) is 4.79 Å². The molecule has 1 aromatic rings. The number of rotatable bonds is 7. The molecule has 2 atom stereocenters. The predicted octanol–water partition coefficient (Wildman–Crippen LogP) is 1.36. The molecule has 1 aliphatic rings. The van der Waals surface area contributed by atoms with Crippen LogP contribution in [0.3, 0.4) is 0 Å². The Kier molecular flexibility index (Phi) is 6.29. The van der Waals surface area contributed by atoms with Crippen LogP contribution in [0, 0.1) is 12.3 Å². The highest BCUT2D eigenvalue weighted by Crippen LogP contribution is 2.29. The van der Waals surface area contributed by atoms with Crippen molar-refractivity contribution in [1.29, 1.82) is 0 Å². The van der Waals surface area contributed by atoms with E-state index in [-0.39, 0.29) is 23.8 Å². The number of nitrogens with one attached hydrogen (secondary N) is 2. The summed E-state index contributed by atoms with van der Waals surface area (Å²) in [6, 6.07) is 0. The van der Waals surface area contributed by atoms with Gasteiger partial charge in [0.1, 0.15) is 0 Å². The Morgan fingerprint density at radius 3 is 3.24 bits per heavy atom. The lowest BCUT2D eigenvalue weighted by Gasteiger charge is -2.08. The van der Waals surface area contributed by atoms with Crippen molar-refractivity contribution in [3.05, 3.63) is 0 Å². The highest BCUT2D eigenvalue weighted by molar-refractivity contribution is 8.02. The number of hydrogen-bond acceptors (Lipinski definition) is 7. The molecule has 0 radical (unpaired) electrons. The second kappa shape index (κ2) is 8.22. The zero-order valence-electron chi connectivity index (χ0n) is 11.8. The Labute approximate surface area is 132 Å². The number of carbonyl (C=O) groups is 1. The van der Waals surface area contributed by atoms with E-state index in [4.69, 9.17) is 11.2 Å². The molecule has 1 amide bonds. The van der Waals surface area contributed by atoms with E-state index in [0.29, 0.717) is 0 Å². The lowest BCUT2D eigenvalue weighted by atomic mass is 10.2. The molecule has 2 heterocycles. The first-order valence-electron chi connectivity index (χ1n) is 6.76. The lowest BCUT2D eigenvalue weighted by molar-refractivity contribution is -0.120. The average molecular weight is 326 g/mol. The minimum Gasteiger partial charge on any atom is -0.376 e. The van der Waals surface area contributed by atoms with Gasteiger partial charge in [0.2, 0.25) is 11.0 Å².